The Morgan fingerprint density at radius 2 is 1.61 bits per heavy atom. The lowest BCUT2D eigenvalue weighted by Gasteiger charge is -2.50. The summed E-state index contributed by atoms with van der Waals surface area (Å²) in [6.45, 7) is 0. The Morgan fingerprint density at radius 1 is 0.902 bits per heavy atom. The van der Waals surface area contributed by atoms with Crippen LogP contribution in [0.4, 0.5) is 15.8 Å². The Bertz CT molecular complexity index is 2140. The van der Waals surface area contributed by atoms with Gasteiger partial charge in [0.1, 0.15) is 5.82 Å². The van der Waals surface area contributed by atoms with Crippen molar-refractivity contribution < 1.29 is 33.4 Å². The van der Waals surface area contributed by atoms with E-state index >= 15 is 4.79 Å². The number of hydrogen-bond donors (Lipinski definition) is 2. The van der Waals surface area contributed by atoms with Crippen molar-refractivity contribution in [3.63, 3.8) is 0 Å². The number of benzene rings is 4. The quantitative estimate of drug-likeness (QED) is 0.123. The van der Waals surface area contributed by atoms with Gasteiger partial charge in [0.2, 0.25) is 11.8 Å². The maximum absolute atomic E-state index is 15.2. The first-order valence-corrected chi connectivity index (χ1v) is 17.9. The van der Waals surface area contributed by atoms with Crippen molar-refractivity contribution in [3.05, 3.63) is 128 Å². The van der Waals surface area contributed by atoms with Crippen LogP contribution < -0.4 is 15.1 Å². The molecule has 6 unspecified atom stereocenters. The van der Waals surface area contributed by atoms with Gasteiger partial charge >= 0.3 is 0 Å². The van der Waals surface area contributed by atoms with E-state index in [9.17, 15) is 23.9 Å². The van der Waals surface area contributed by atoms with Crippen molar-refractivity contribution in [3.8, 4) is 11.5 Å². The Labute approximate surface area is 311 Å². The van der Waals surface area contributed by atoms with E-state index in [1.54, 1.807) is 48.5 Å². The molecule has 2 aliphatic heterocycles. The fourth-order valence-electron chi connectivity index (χ4n) is 8.76. The van der Waals surface area contributed by atoms with E-state index in [2.05, 4.69) is 28.0 Å². The van der Waals surface area contributed by atoms with Crippen LogP contribution in [0.3, 0.4) is 0 Å². The third-order valence-electron chi connectivity index (χ3n) is 10.9. The minimum absolute atomic E-state index is 0.0972. The van der Waals surface area contributed by atoms with Gasteiger partial charge in [-0.05, 0) is 125 Å². The first-order chi connectivity index (χ1) is 24.5. The van der Waals surface area contributed by atoms with Crippen LogP contribution in [0.2, 0.25) is 5.02 Å². The summed E-state index contributed by atoms with van der Waals surface area (Å²) in [5, 5.41) is 12.5. The summed E-state index contributed by atoms with van der Waals surface area (Å²) in [5.41, 5.74) is 3.96. The smallest absolute Gasteiger partial charge is 0.260 e. The van der Waals surface area contributed by atoms with Crippen LogP contribution in [0.1, 0.15) is 29.9 Å². The van der Waals surface area contributed by atoms with Crippen LogP contribution in [-0.2, 0) is 24.6 Å². The Kier molecular flexibility index (Phi) is 8.17. The van der Waals surface area contributed by atoms with Crippen LogP contribution in [0.25, 0.3) is 0 Å². The number of phenolic OH excluding ortho intramolecular Hbond substituents is 1. The Balaban J connectivity index is 1.33. The number of amides is 4. The molecule has 12 heteroatoms. The van der Waals surface area contributed by atoms with Gasteiger partial charge < -0.3 is 9.84 Å². The summed E-state index contributed by atoms with van der Waals surface area (Å²) in [6.07, 6.45) is 2.30. The predicted octanol–water partition coefficient (Wildman–Crippen LogP) is 6.99. The number of carbonyl (C=O) groups is 4. The first kappa shape index (κ1) is 33.4. The number of imide groups is 2. The standard InChI is InChI=1S/C39H30ClFIN3O6/c1-51-32-17-2-20(18-31(32)46)34-27-15-16-28-33(37(49)44(35(28)47)26-13-9-24(42)10-14-26)29(27)19-30-36(48)45(43-25-11-7-23(41)8-12-25)38(50)39(30,34)21-3-5-22(40)6-4-21/h2-15,17-18,28-30,33-34,43,46H,16,19H2,1H3. The van der Waals surface area contributed by atoms with Crippen molar-refractivity contribution in [2.75, 3.05) is 17.4 Å². The highest BCUT2D eigenvalue weighted by Crippen LogP contribution is 2.64. The SMILES string of the molecule is COc1ccc(C2C3=CCC4C(=O)N(c5ccc(I)cc5)C(=O)C4C3CC3C(=O)N(Nc4ccc(F)cc4)C(=O)C32c2ccc(Cl)cc2)cc1O. The lowest BCUT2D eigenvalue weighted by Crippen LogP contribution is -2.53. The van der Waals surface area contributed by atoms with E-state index in [0.717, 1.165) is 14.2 Å². The van der Waals surface area contributed by atoms with Gasteiger partial charge in [0.15, 0.2) is 11.5 Å². The monoisotopic (exact) mass is 817 g/mol. The highest BCUT2D eigenvalue weighted by atomic mass is 127. The number of phenols is 1. The second-order valence-electron chi connectivity index (χ2n) is 13.3. The molecule has 8 rings (SSSR count). The van der Waals surface area contributed by atoms with Gasteiger partial charge in [-0.3, -0.25) is 29.5 Å². The molecule has 2 saturated heterocycles. The number of nitrogens with zero attached hydrogens (tertiary/aromatic N) is 2. The Hall–Kier alpha value is -4.75. The summed E-state index contributed by atoms with van der Waals surface area (Å²) in [6, 6.07) is 24.1. The average Bonchev–Trinajstić information content (AvgIpc) is 3.50. The van der Waals surface area contributed by atoms with Gasteiger partial charge in [0.05, 0.1) is 41.7 Å². The zero-order chi connectivity index (χ0) is 35.8. The van der Waals surface area contributed by atoms with Crippen molar-refractivity contribution >= 4 is 69.2 Å². The van der Waals surface area contributed by atoms with E-state index in [1.165, 1.54) is 42.3 Å². The lowest BCUT2D eigenvalue weighted by atomic mass is 9.49. The number of halogens is 3. The van der Waals surface area contributed by atoms with Crippen LogP contribution in [0.15, 0.2) is 103 Å². The number of methoxy groups -OCH3 is 1. The van der Waals surface area contributed by atoms with Crippen LogP contribution in [-0.4, -0.2) is 40.9 Å². The molecule has 2 aliphatic carbocycles. The normalized spacial score (nSPS) is 26.8. The van der Waals surface area contributed by atoms with E-state index < -0.39 is 52.6 Å². The molecule has 0 radical (unpaired) electrons. The number of anilines is 2. The van der Waals surface area contributed by atoms with Crippen LogP contribution >= 0.6 is 34.2 Å². The third kappa shape index (κ3) is 5.07. The zero-order valence-electron chi connectivity index (χ0n) is 27.1. The van der Waals surface area contributed by atoms with E-state index in [-0.39, 0.29) is 36.2 Å². The summed E-state index contributed by atoms with van der Waals surface area (Å²) in [5.74, 6) is -6.05. The van der Waals surface area contributed by atoms with E-state index in [1.807, 2.05) is 18.2 Å². The molecule has 0 bridgehead atoms. The number of ether oxygens (including phenoxy) is 1. The number of allylic oxidation sites excluding steroid dienone is 2. The molecule has 258 valence electrons. The molecule has 4 aromatic rings. The summed E-state index contributed by atoms with van der Waals surface area (Å²) < 4.78 is 20.1. The second-order valence-corrected chi connectivity index (χ2v) is 15.0. The number of carbonyl (C=O) groups excluding carboxylic acids is 4. The minimum Gasteiger partial charge on any atom is -0.504 e. The predicted molar refractivity (Wildman–Crippen MR) is 195 cm³/mol. The summed E-state index contributed by atoms with van der Waals surface area (Å²) in [7, 11) is 1.43. The number of aromatic hydroxyl groups is 1. The van der Waals surface area contributed by atoms with Crippen molar-refractivity contribution in [1.82, 2.24) is 5.01 Å². The minimum atomic E-state index is -1.56. The molecule has 2 N–H and O–H groups in total. The maximum atomic E-state index is 15.2. The first-order valence-electron chi connectivity index (χ1n) is 16.4. The molecule has 2 heterocycles. The number of nitrogens with one attached hydrogen (secondary N) is 1. The molecule has 1 saturated carbocycles. The molecule has 4 amide bonds. The van der Waals surface area contributed by atoms with Crippen molar-refractivity contribution in [2.45, 2.75) is 24.2 Å². The van der Waals surface area contributed by atoms with Gasteiger partial charge in [-0.1, -0.05) is 41.4 Å². The van der Waals surface area contributed by atoms with Gasteiger partial charge in [-0.25, -0.2) is 4.39 Å². The Morgan fingerprint density at radius 3 is 2.27 bits per heavy atom. The van der Waals surface area contributed by atoms with Crippen molar-refractivity contribution in [1.29, 1.82) is 0 Å². The number of hydrazine groups is 1. The van der Waals surface area contributed by atoms with Gasteiger partial charge in [-0.2, -0.15) is 5.01 Å². The lowest BCUT2D eigenvalue weighted by molar-refractivity contribution is -0.138. The fraction of sp³-hybridized carbons (Fsp3) is 0.231. The molecule has 4 aliphatic rings. The van der Waals surface area contributed by atoms with Gasteiger partial charge in [0, 0.05) is 14.5 Å². The number of rotatable bonds is 6. The number of hydrogen-bond acceptors (Lipinski definition) is 7. The van der Waals surface area contributed by atoms with Crippen LogP contribution in [0.5, 0.6) is 11.5 Å². The molecule has 0 spiro atoms. The second kappa shape index (κ2) is 12.5. The zero-order valence-corrected chi connectivity index (χ0v) is 30.0. The highest BCUT2D eigenvalue weighted by Gasteiger charge is 2.70. The molecule has 3 fully saturated rings. The molecule has 9 nitrogen and oxygen atoms in total. The summed E-state index contributed by atoms with van der Waals surface area (Å²) >= 11 is 8.51. The molecule has 0 aromatic heterocycles. The molecule has 4 aromatic carbocycles. The molecule has 51 heavy (non-hydrogen) atoms. The third-order valence-corrected chi connectivity index (χ3v) is 11.8. The average molecular weight is 818 g/mol. The van der Waals surface area contributed by atoms with E-state index in [4.69, 9.17) is 16.3 Å². The largest absolute Gasteiger partial charge is 0.504 e. The topological polar surface area (TPSA) is 116 Å². The summed E-state index contributed by atoms with van der Waals surface area (Å²) in [4.78, 5) is 59.6. The molecular formula is C39H30ClFIN3O6. The fourth-order valence-corrected chi connectivity index (χ4v) is 9.25. The highest BCUT2D eigenvalue weighted by molar-refractivity contribution is 14.1. The van der Waals surface area contributed by atoms with Gasteiger partial charge in [0.25, 0.3) is 11.8 Å². The maximum Gasteiger partial charge on any atom is 0.260 e. The van der Waals surface area contributed by atoms with Gasteiger partial charge in [-0.15, -0.1) is 0 Å². The van der Waals surface area contributed by atoms with Crippen molar-refractivity contribution in [2.24, 2.45) is 23.7 Å². The van der Waals surface area contributed by atoms with E-state index in [0.29, 0.717) is 27.5 Å². The molecular weight excluding hydrogens is 788 g/mol. The van der Waals surface area contributed by atoms with Crippen LogP contribution in [0, 0.1) is 33.1 Å². The number of fused-ring (bicyclic) bond motifs is 4. The molecule has 6 atom stereocenters.